The summed E-state index contributed by atoms with van der Waals surface area (Å²) in [6.45, 7) is 3.90. The summed E-state index contributed by atoms with van der Waals surface area (Å²) in [5.41, 5.74) is 1.26. The van der Waals surface area contributed by atoms with Gasteiger partial charge in [-0.2, -0.15) is 5.10 Å². The lowest BCUT2D eigenvalue weighted by Gasteiger charge is -2.23. The van der Waals surface area contributed by atoms with E-state index in [1.165, 1.54) is 12.1 Å². The highest BCUT2D eigenvalue weighted by Gasteiger charge is 2.23. The van der Waals surface area contributed by atoms with Gasteiger partial charge in [0.2, 0.25) is 0 Å². The number of hydrogen-bond acceptors (Lipinski definition) is 3. The van der Waals surface area contributed by atoms with Gasteiger partial charge in [-0.15, -0.1) is 0 Å². The van der Waals surface area contributed by atoms with Crippen molar-refractivity contribution >= 4 is 0 Å². The van der Waals surface area contributed by atoms with E-state index < -0.39 is 11.6 Å². The fourth-order valence-electron chi connectivity index (χ4n) is 2.84. The molecule has 0 saturated carbocycles. The zero-order chi connectivity index (χ0) is 18.5. The van der Waals surface area contributed by atoms with E-state index in [1.54, 1.807) is 30.5 Å². The van der Waals surface area contributed by atoms with Gasteiger partial charge in [0.25, 0.3) is 0 Å². The summed E-state index contributed by atoms with van der Waals surface area (Å²) in [6.07, 6.45) is 2.30. The molecule has 2 unspecified atom stereocenters. The number of halogens is 2. The van der Waals surface area contributed by atoms with Crippen molar-refractivity contribution in [1.29, 1.82) is 0 Å². The Morgan fingerprint density at radius 3 is 2.54 bits per heavy atom. The molecule has 2 N–H and O–H groups in total. The van der Waals surface area contributed by atoms with Crippen molar-refractivity contribution in [2.75, 3.05) is 0 Å². The Kier molecular flexibility index (Phi) is 5.63. The van der Waals surface area contributed by atoms with Crippen molar-refractivity contribution in [1.82, 2.24) is 15.5 Å². The van der Waals surface area contributed by atoms with Crippen LogP contribution >= 0.6 is 0 Å². The highest BCUT2D eigenvalue weighted by Crippen LogP contribution is 2.33. The summed E-state index contributed by atoms with van der Waals surface area (Å²) in [5, 5.41) is 10.2. The third kappa shape index (κ3) is 3.91. The number of H-pyrrole nitrogens is 1. The minimum absolute atomic E-state index is 0.0644. The number of nitrogens with one attached hydrogen (secondary N) is 2. The number of nitrogens with zero attached hydrogens (tertiary/aromatic N) is 1. The predicted octanol–water partition coefficient (Wildman–Crippen LogP) is 5.28. The number of para-hydroxylation sites is 1. The van der Waals surface area contributed by atoms with Crippen LogP contribution in [0.5, 0.6) is 11.5 Å². The molecule has 0 spiro atoms. The number of hydrogen-bond donors (Lipinski definition) is 2. The summed E-state index contributed by atoms with van der Waals surface area (Å²) in [4.78, 5) is 0. The Morgan fingerprint density at radius 1 is 1.12 bits per heavy atom. The van der Waals surface area contributed by atoms with E-state index in [0.29, 0.717) is 17.7 Å². The van der Waals surface area contributed by atoms with E-state index >= 15 is 4.39 Å². The van der Waals surface area contributed by atoms with E-state index in [1.807, 2.05) is 26.0 Å². The van der Waals surface area contributed by atoms with E-state index in [9.17, 15) is 4.39 Å². The lowest BCUT2D eigenvalue weighted by Crippen LogP contribution is -2.25. The fraction of sp³-hybridized carbons (Fsp3) is 0.250. The van der Waals surface area contributed by atoms with E-state index in [-0.39, 0.29) is 17.8 Å². The van der Waals surface area contributed by atoms with E-state index in [4.69, 9.17) is 4.74 Å². The molecule has 1 heterocycles. The monoisotopic (exact) mass is 357 g/mol. The highest BCUT2D eigenvalue weighted by molar-refractivity contribution is 5.38. The molecule has 136 valence electrons. The Bertz CT molecular complexity index is 838. The molecular formula is C20H21F2N3O. The van der Waals surface area contributed by atoms with Gasteiger partial charge in [0, 0.05) is 23.8 Å². The molecule has 4 nitrogen and oxygen atoms in total. The zero-order valence-corrected chi connectivity index (χ0v) is 14.7. The second-order valence-corrected chi connectivity index (χ2v) is 6.06. The van der Waals surface area contributed by atoms with Crippen LogP contribution in [0.3, 0.4) is 0 Å². The molecule has 0 fully saturated rings. The van der Waals surface area contributed by atoms with Crippen LogP contribution < -0.4 is 10.1 Å². The number of aromatic nitrogens is 2. The Labute approximate surface area is 151 Å². The molecule has 2 atom stereocenters. The first kappa shape index (κ1) is 18.1. The number of aromatic amines is 1. The molecule has 0 aliphatic heterocycles. The molecule has 0 aliphatic rings. The van der Waals surface area contributed by atoms with Crippen LogP contribution in [0.4, 0.5) is 8.78 Å². The lowest BCUT2D eigenvalue weighted by molar-refractivity contribution is 0.387. The molecule has 0 radical (unpaired) electrons. The quantitative estimate of drug-likeness (QED) is 0.605. The van der Waals surface area contributed by atoms with E-state index in [2.05, 4.69) is 15.5 Å². The lowest BCUT2D eigenvalue weighted by atomic mass is 10.0. The second-order valence-electron chi connectivity index (χ2n) is 6.06. The average molecular weight is 357 g/mol. The van der Waals surface area contributed by atoms with Gasteiger partial charge in [0.1, 0.15) is 5.75 Å². The Hall–Kier alpha value is -2.73. The van der Waals surface area contributed by atoms with E-state index in [0.717, 1.165) is 5.69 Å². The second kappa shape index (κ2) is 8.10. The van der Waals surface area contributed by atoms with Crippen LogP contribution in [0, 0.1) is 11.6 Å². The van der Waals surface area contributed by atoms with Gasteiger partial charge in [-0.1, -0.05) is 31.2 Å². The summed E-state index contributed by atoms with van der Waals surface area (Å²) in [7, 11) is 0. The number of rotatable bonds is 7. The van der Waals surface area contributed by atoms with Gasteiger partial charge < -0.3 is 10.1 Å². The van der Waals surface area contributed by atoms with Crippen molar-refractivity contribution in [3.8, 4) is 11.5 Å². The minimum Gasteiger partial charge on any atom is -0.451 e. The minimum atomic E-state index is -0.730. The first-order valence-corrected chi connectivity index (χ1v) is 8.56. The molecule has 3 rings (SSSR count). The molecule has 3 aromatic rings. The van der Waals surface area contributed by atoms with Crippen molar-refractivity contribution in [3.63, 3.8) is 0 Å². The van der Waals surface area contributed by atoms with Crippen LogP contribution in [0.1, 0.15) is 43.6 Å². The summed E-state index contributed by atoms with van der Waals surface area (Å²) in [6, 6.07) is 12.8. The largest absolute Gasteiger partial charge is 0.451 e. The molecule has 1 aromatic heterocycles. The third-order valence-corrected chi connectivity index (χ3v) is 4.27. The summed E-state index contributed by atoms with van der Waals surface area (Å²) in [5.74, 6) is -1.42. The molecule has 0 amide bonds. The fourth-order valence-corrected chi connectivity index (χ4v) is 2.84. The standard InChI is InChI=1S/C20H21F2N3O/c1-3-17(24-13(2)18-11-12-23-25-18)15-9-10-16(21)20(19(15)22)26-14-7-5-4-6-8-14/h4-13,17,24H,3H2,1-2H3,(H,23,25). The SMILES string of the molecule is CCC(NC(C)c1ccn[nH]1)c1ccc(F)c(Oc2ccccc2)c1F. The molecule has 0 saturated heterocycles. The maximum absolute atomic E-state index is 15.0. The van der Waals surface area contributed by atoms with Gasteiger partial charge in [-0.25, -0.2) is 8.78 Å². The number of ether oxygens (including phenoxy) is 1. The van der Waals surface area contributed by atoms with Crippen LogP contribution in [0.15, 0.2) is 54.7 Å². The van der Waals surface area contributed by atoms with Crippen molar-refractivity contribution in [2.45, 2.75) is 32.4 Å². The smallest absolute Gasteiger partial charge is 0.198 e. The molecular weight excluding hydrogens is 336 g/mol. The molecule has 0 bridgehead atoms. The maximum atomic E-state index is 15.0. The first-order valence-electron chi connectivity index (χ1n) is 8.56. The Morgan fingerprint density at radius 2 is 1.88 bits per heavy atom. The molecule has 0 aliphatic carbocycles. The summed E-state index contributed by atoms with van der Waals surface area (Å²) >= 11 is 0. The summed E-state index contributed by atoms with van der Waals surface area (Å²) < 4.78 is 34.7. The molecule has 2 aromatic carbocycles. The molecule has 26 heavy (non-hydrogen) atoms. The van der Waals surface area contributed by atoms with Crippen LogP contribution in [0.25, 0.3) is 0 Å². The predicted molar refractivity (Wildman–Crippen MR) is 96.0 cm³/mol. The van der Waals surface area contributed by atoms with Gasteiger partial charge in [-0.3, -0.25) is 5.10 Å². The van der Waals surface area contributed by atoms with Gasteiger partial charge >= 0.3 is 0 Å². The van der Waals surface area contributed by atoms with Crippen LogP contribution in [-0.4, -0.2) is 10.2 Å². The zero-order valence-electron chi connectivity index (χ0n) is 14.7. The normalized spacial score (nSPS) is 13.4. The van der Waals surface area contributed by atoms with Crippen molar-refractivity contribution in [3.05, 3.63) is 77.6 Å². The maximum Gasteiger partial charge on any atom is 0.198 e. The van der Waals surface area contributed by atoms with Crippen molar-refractivity contribution < 1.29 is 13.5 Å². The van der Waals surface area contributed by atoms with Gasteiger partial charge in [0.15, 0.2) is 17.4 Å². The van der Waals surface area contributed by atoms with Gasteiger partial charge in [0.05, 0.1) is 5.69 Å². The van der Waals surface area contributed by atoms with Crippen LogP contribution in [0.2, 0.25) is 0 Å². The number of benzene rings is 2. The molecule has 6 heteroatoms. The van der Waals surface area contributed by atoms with Gasteiger partial charge in [-0.05, 0) is 37.6 Å². The third-order valence-electron chi connectivity index (χ3n) is 4.27. The highest BCUT2D eigenvalue weighted by atomic mass is 19.1. The first-order chi connectivity index (χ1) is 12.6. The average Bonchev–Trinajstić information content (AvgIpc) is 3.19. The Balaban J connectivity index is 1.87. The van der Waals surface area contributed by atoms with Crippen molar-refractivity contribution in [2.24, 2.45) is 0 Å². The topological polar surface area (TPSA) is 49.9 Å². The van der Waals surface area contributed by atoms with Crippen LogP contribution in [-0.2, 0) is 0 Å².